The van der Waals surface area contributed by atoms with Crippen LogP contribution in [0, 0.1) is 0 Å². The summed E-state index contributed by atoms with van der Waals surface area (Å²) in [4.78, 5) is 12.6. The van der Waals surface area contributed by atoms with Crippen molar-refractivity contribution in [2.75, 3.05) is 6.54 Å². The van der Waals surface area contributed by atoms with E-state index in [4.69, 9.17) is 10.5 Å². The van der Waals surface area contributed by atoms with Crippen LogP contribution in [0.15, 0.2) is 48.5 Å². The minimum absolute atomic E-state index is 0.0233. The van der Waals surface area contributed by atoms with Crippen LogP contribution in [0.1, 0.15) is 35.3 Å². The zero-order chi connectivity index (χ0) is 15.2. The van der Waals surface area contributed by atoms with Crippen molar-refractivity contribution < 1.29 is 9.53 Å². The maximum absolute atomic E-state index is 12.6. The van der Waals surface area contributed by atoms with Crippen LogP contribution in [0.4, 0.5) is 0 Å². The van der Waals surface area contributed by atoms with Crippen LogP contribution in [0.5, 0.6) is 5.75 Å². The van der Waals surface area contributed by atoms with Crippen LogP contribution < -0.4 is 10.5 Å². The average molecular weight is 283 g/mol. The third-order valence-electron chi connectivity index (χ3n) is 3.16. The molecule has 3 nitrogen and oxygen atoms in total. The Morgan fingerprint density at radius 2 is 1.76 bits per heavy atom. The van der Waals surface area contributed by atoms with Gasteiger partial charge in [0.1, 0.15) is 5.75 Å². The van der Waals surface area contributed by atoms with E-state index in [1.807, 2.05) is 50.2 Å². The van der Waals surface area contributed by atoms with Crippen molar-refractivity contribution in [1.29, 1.82) is 0 Å². The van der Waals surface area contributed by atoms with E-state index in [2.05, 4.69) is 0 Å². The van der Waals surface area contributed by atoms with E-state index in [1.54, 1.807) is 12.1 Å². The highest BCUT2D eigenvalue weighted by Gasteiger charge is 2.13. The molecule has 21 heavy (non-hydrogen) atoms. The first-order valence-corrected chi connectivity index (χ1v) is 7.21. The summed E-state index contributed by atoms with van der Waals surface area (Å²) in [5.74, 6) is 0.798. The van der Waals surface area contributed by atoms with Gasteiger partial charge in [-0.05, 0) is 56.6 Å². The highest BCUT2D eigenvalue weighted by molar-refractivity contribution is 6.09. The first kappa shape index (κ1) is 15.3. The van der Waals surface area contributed by atoms with Crippen molar-refractivity contribution in [2.24, 2.45) is 5.73 Å². The van der Waals surface area contributed by atoms with Gasteiger partial charge in [-0.2, -0.15) is 0 Å². The predicted octanol–water partition coefficient (Wildman–Crippen LogP) is 3.21. The Kier molecular flexibility index (Phi) is 5.12. The van der Waals surface area contributed by atoms with Crippen LogP contribution in [0.2, 0.25) is 0 Å². The molecule has 0 aliphatic heterocycles. The van der Waals surface area contributed by atoms with Crippen molar-refractivity contribution in [3.63, 3.8) is 0 Å². The Morgan fingerprint density at radius 1 is 1.10 bits per heavy atom. The fourth-order valence-electron chi connectivity index (χ4n) is 2.23. The second-order valence-electron chi connectivity index (χ2n) is 5.22. The lowest BCUT2D eigenvalue weighted by Crippen LogP contribution is -2.10. The predicted molar refractivity (Wildman–Crippen MR) is 84.8 cm³/mol. The summed E-state index contributed by atoms with van der Waals surface area (Å²) in [6, 6.07) is 14.9. The molecule has 0 heterocycles. The van der Waals surface area contributed by atoms with Gasteiger partial charge in [0.2, 0.25) is 0 Å². The minimum atomic E-state index is 0.0233. The second kappa shape index (κ2) is 7.04. The third kappa shape index (κ3) is 3.92. The Bertz CT molecular complexity index is 603. The summed E-state index contributed by atoms with van der Waals surface area (Å²) >= 11 is 0. The molecule has 0 atom stereocenters. The topological polar surface area (TPSA) is 52.3 Å². The number of ether oxygens (including phenoxy) is 1. The zero-order valence-corrected chi connectivity index (χ0v) is 12.5. The lowest BCUT2D eigenvalue weighted by atomic mass is 9.96. The first-order valence-electron chi connectivity index (χ1n) is 7.21. The van der Waals surface area contributed by atoms with Crippen molar-refractivity contribution in [1.82, 2.24) is 0 Å². The van der Waals surface area contributed by atoms with Crippen LogP contribution >= 0.6 is 0 Å². The molecule has 3 heteroatoms. The molecule has 0 amide bonds. The average Bonchev–Trinajstić information content (AvgIpc) is 2.48. The lowest BCUT2D eigenvalue weighted by Gasteiger charge is -2.11. The Morgan fingerprint density at radius 3 is 2.38 bits per heavy atom. The molecule has 0 aliphatic carbocycles. The molecule has 0 saturated heterocycles. The van der Waals surface area contributed by atoms with Crippen molar-refractivity contribution in [3.8, 4) is 5.75 Å². The van der Waals surface area contributed by atoms with E-state index in [1.165, 1.54) is 0 Å². The van der Waals surface area contributed by atoms with Gasteiger partial charge in [-0.15, -0.1) is 0 Å². The molecular formula is C18H21NO2. The van der Waals surface area contributed by atoms with E-state index >= 15 is 0 Å². The van der Waals surface area contributed by atoms with Gasteiger partial charge in [-0.1, -0.05) is 24.3 Å². The van der Waals surface area contributed by atoms with Gasteiger partial charge in [0, 0.05) is 11.1 Å². The summed E-state index contributed by atoms with van der Waals surface area (Å²) < 4.78 is 5.59. The van der Waals surface area contributed by atoms with Gasteiger partial charge in [-0.3, -0.25) is 4.79 Å². The molecule has 2 aromatic carbocycles. The molecule has 0 spiro atoms. The summed E-state index contributed by atoms with van der Waals surface area (Å²) in [5, 5.41) is 0. The van der Waals surface area contributed by atoms with Crippen molar-refractivity contribution >= 4 is 5.78 Å². The van der Waals surface area contributed by atoms with E-state index in [0.29, 0.717) is 18.5 Å². The normalized spacial score (nSPS) is 10.7. The fraction of sp³-hybridized carbons (Fsp3) is 0.278. The SMILES string of the molecule is CC(C)Oc1ccc(C(=O)c2ccccc2CCN)cc1. The number of nitrogens with two attached hydrogens (primary N) is 1. The second-order valence-corrected chi connectivity index (χ2v) is 5.22. The quantitative estimate of drug-likeness (QED) is 0.828. The molecule has 0 aromatic heterocycles. The van der Waals surface area contributed by atoms with Crippen LogP contribution in [-0.4, -0.2) is 18.4 Å². The molecule has 2 aromatic rings. The van der Waals surface area contributed by atoms with E-state index in [0.717, 1.165) is 16.9 Å². The monoisotopic (exact) mass is 283 g/mol. The number of benzene rings is 2. The third-order valence-corrected chi connectivity index (χ3v) is 3.16. The Balaban J connectivity index is 2.24. The van der Waals surface area contributed by atoms with Crippen molar-refractivity contribution in [2.45, 2.75) is 26.4 Å². The number of hydrogen-bond donors (Lipinski definition) is 1. The number of ketones is 1. The maximum Gasteiger partial charge on any atom is 0.193 e. The number of carbonyl (C=O) groups excluding carboxylic acids is 1. The Labute approximate surface area is 125 Å². The highest BCUT2D eigenvalue weighted by atomic mass is 16.5. The number of carbonyl (C=O) groups is 1. The largest absolute Gasteiger partial charge is 0.491 e. The molecule has 0 saturated carbocycles. The van der Waals surface area contributed by atoms with E-state index in [9.17, 15) is 4.79 Å². The summed E-state index contributed by atoms with van der Waals surface area (Å²) in [6.07, 6.45) is 0.827. The zero-order valence-electron chi connectivity index (χ0n) is 12.5. The molecule has 2 N–H and O–H groups in total. The van der Waals surface area contributed by atoms with Crippen LogP contribution in [-0.2, 0) is 6.42 Å². The first-order chi connectivity index (χ1) is 10.1. The van der Waals surface area contributed by atoms with Gasteiger partial charge in [0.05, 0.1) is 6.10 Å². The van der Waals surface area contributed by atoms with Gasteiger partial charge >= 0.3 is 0 Å². The summed E-state index contributed by atoms with van der Waals surface area (Å²) in [6.45, 7) is 4.48. The fourth-order valence-corrected chi connectivity index (χ4v) is 2.23. The molecule has 110 valence electrons. The standard InChI is InChI=1S/C18H21NO2/c1-13(2)21-16-9-7-15(8-10-16)18(20)17-6-4-3-5-14(17)11-12-19/h3-10,13H,11-12,19H2,1-2H3. The van der Waals surface area contributed by atoms with Gasteiger partial charge in [0.15, 0.2) is 5.78 Å². The van der Waals surface area contributed by atoms with Crippen molar-refractivity contribution in [3.05, 3.63) is 65.2 Å². The summed E-state index contributed by atoms with van der Waals surface area (Å²) in [7, 11) is 0. The molecule has 0 unspecified atom stereocenters. The molecule has 2 rings (SSSR count). The molecule has 0 bridgehead atoms. The lowest BCUT2D eigenvalue weighted by molar-refractivity contribution is 0.103. The van der Waals surface area contributed by atoms with Gasteiger partial charge in [-0.25, -0.2) is 0 Å². The summed E-state index contributed by atoms with van der Waals surface area (Å²) in [5.41, 5.74) is 7.98. The highest BCUT2D eigenvalue weighted by Crippen LogP contribution is 2.18. The van der Waals surface area contributed by atoms with Crippen LogP contribution in [0.3, 0.4) is 0 Å². The molecule has 0 aliphatic rings. The van der Waals surface area contributed by atoms with Gasteiger partial charge in [0.25, 0.3) is 0 Å². The smallest absolute Gasteiger partial charge is 0.193 e. The molecule has 0 radical (unpaired) electrons. The number of hydrogen-bond acceptors (Lipinski definition) is 3. The molecule has 0 fully saturated rings. The van der Waals surface area contributed by atoms with Crippen LogP contribution in [0.25, 0.3) is 0 Å². The maximum atomic E-state index is 12.6. The van der Waals surface area contributed by atoms with E-state index < -0.39 is 0 Å². The Hall–Kier alpha value is -2.13. The number of rotatable bonds is 6. The van der Waals surface area contributed by atoms with Gasteiger partial charge < -0.3 is 10.5 Å². The molecular weight excluding hydrogens is 262 g/mol. The van der Waals surface area contributed by atoms with E-state index in [-0.39, 0.29) is 11.9 Å². The minimum Gasteiger partial charge on any atom is -0.491 e.